The van der Waals surface area contributed by atoms with Gasteiger partial charge in [-0.2, -0.15) is 0 Å². The summed E-state index contributed by atoms with van der Waals surface area (Å²) in [5, 5.41) is 6.13. The summed E-state index contributed by atoms with van der Waals surface area (Å²) in [6.45, 7) is 2.98. The Morgan fingerprint density at radius 2 is 2.21 bits per heavy atom. The van der Waals surface area contributed by atoms with Gasteiger partial charge in [-0.3, -0.25) is 4.79 Å². The van der Waals surface area contributed by atoms with E-state index < -0.39 is 0 Å². The van der Waals surface area contributed by atoms with Gasteiger partial charge in [-0.25, -0.2) is 15.0 Å². The van der Waals surface area contributed by atoms with Crippen LogP contribution >= 0.6 is 0 Å². The number of likely N-dealkylation sites (tertiary alicyclic amines) is 1. The Bertz CT molecular complexity index is 705. The van der Waals surface area contributed by atoms with Crippen LogP contribution < -0.4 is 10.6 Å². The molecular weight excluding hydrogens is 304 g/mol. The summed E-state index contributed by atoms with van der Waals surface area (Å²) >= 11 is 0. The quantitative estimate of drug-likeness (QED) is 0.872. The lowest BCUT2D eigenvalue weighted by atomic mass is 10.1. The van der Waals surface area contributed by atoms with Crippen molar-refractivity contribution in [1.29, 1.82) is 0 Å². The Labute approximate surface area is 141 Å². The third-order valence-corrected chi connectivity index (χ3v) is 4.02. The molecule has 1 saturated heterocycles. The van der Waals surface area contributed by atoms with Crippen molar-refractivity contribution in [3.63, 3.8) is 0 Å². The number of amides is 1. The molecule has 1 fully saturated rings. The Balaban J connectivity index is 1.84. The topological polar surface area (TPSA) is 83.0 Å². The van der Waals surface area contributed by atoms with E-state index >= 15 is 0 Å². The van der Waals surface area contributed by atoms with E-state index in [0.717, 1.165) is 30.9 Å². The monoisotopic (exact) mass is 326 g/mol. The zero-order valence-corrected chi connectivity index (χ0v) is 14.0. The molecule has 1 atom stereocenters. The van der Waals surface area contributed by atoms with E-state index in [4.69, 9.17) is 0 Å². The number of aryl methyl sites for hydroxylation is 1. The highest BCUT2D eigenvalue weighted by Gasteiger charge is 2.30. The Kier molecular flexibility index (Phi) is 5.00. The van der Waals surface area contributed by atoms with Crippen LogP contribution in [0.1, 0.15) is 30.4 Å². The molecule has 2 aromatic rings. The molecule has 1 amide bonds. The fourth-order valence-corrected chi connectivity index (χ4v) is 3.02. The maximum absolute atomic E-state index is 12.3. The molecule has 1 aliphatic heterocycles. The highest BCUT2D eigenvalue weighted by atomic mass is 16.2. The van der Waals surface area contributed by atoms with Crippen LogP contribution in [-0.2, 0) is 4.79 Å². The second kappa shape index (κ2) is 7.35. The van der Waals surface area contributed by atoms with Gasteiger partial charge in [0.2, 0.25) is 5.91 Å². The SMILES string of the molecule is CNCC(=O)N1CCC[C@H]1c1cc(Nc2ccccn2)nc(C)n1. The number of nitrogens with zero attached hydrogens (tertiary/aromatic N) is 4. The van der Waals surface area contributed by atoms with Crippen LogP contribution in [0.4, 0.5) is 11.6 Å². The van der Waals surface area contributed by atoms with Crippen LogP contribution in [0, 0.1) is 6.92 Å². The highest BCUT2D eigenvalue weighted by molar-refractivity contribution is 5.79. The number of carbonyl (C=O) groups excluding carboxylic acids is 1. The van der Waals surface area contributed by atoms with Crippen LogP contribution in [0.15, 0.2) is 30.5 Å². The first-order valence-electron chi connectivity index (χ1n) is 8.15. The summed E-state index contributed by atoms with van der Waals surface area (Å²) in [7, 11) is 1.78. The lowest BCUT2D eigenvalue weighted by molar-refractivity contribution is -0.131. The van der Waals surface area contributed by atoms with Crippen molar-refractivity contribution in [2.75, 3.05) is 25.5 Å². The molecule has 0 spiro atoms. The van der Waals surface area contributed by atoms with E-state index in [1.165, 1.54) is 0 Å². The van der Waals surface area contributed by atoms with Crippen molar-refractivity contribution in [1.82, 2.24) is 25.2 Å². The van der Waals surface area contributed by atoms with E-state index in [2.05, 4.69) is 25.6 Å². The van der Waals surface area contributed by atoms with E-state index in [1.807, 2.05) is 36.1 Å². The fourth-order valence-electron chi connectivity index (χ4n) is 3.02. The Hall–Kier alpha value is -2.54. The number of anilines is 2. The van der Waals surface area contributed by atoms with Gasteiger partial charge >= 0.3 is 0 Å². The van der Waals surface area contributed by atoms with Gasteiger partial charge in [0.25, 0.3) is 0 Å². The van der Waals surface area contributed by atoms with E-state index in [9.17, 15) is 4.79 Å². The lowest BCUT2D eigenvalue weighted by Gasteiger charge is -2.24. The normalized spacial score (nSPS) is 17.1. The van der Waals surface area contributed by atoms with Crippen LogP contribution in [0.25, 0.3) is 0 Å². The van der Waals surface area contributed by atoms with Crippen LogP contribution in [0.2, 0.25) is 0 Å². The van der Waals surface area contributed by atoms with Gasteiger partial charge in [0, 0.05) is 18.8 Å². The molecule has 0 aliphatic carbocycles. The standard InChI is InChI=1S/C17H22N6O/c1-12-20-13(14-6-5-9-23(14)17(24)11-18-2)10-16(21-12)22-15-7-3-4-8-19-15/h3-4,7-8,10,14,18H,5-6,9,11H2,1-2H3,(H,19,20,21,22)/t14-/m0/s1. The summed E-state index contributed by atoms with van der Waals surface area (Å²) in [5.41, 5.74) is 0.878. The van der Waals surface area contributed by atoms with Crippen molar-refractivity contribution in [3.8, 4) is 0 Å². The molecule has 2 N–H and O–H groups in total. The molecule has 0 bridgehead atoms. The van der Waals surface area contributed by atoms with E-state index in [1.54, 1.807) is 13.2 Å². The van der Waals surface area contributed by atoms with Crippen LogP contribution in [0.3, 0.4) is 0 Å². The number of rotatable bonds is 5. The molecule has 7 heteroatoms. The molecule has 3 rings (SSSR count). The number of hydrogen-bond acceptors (Lipinski definition) is 6. The average molecular weight is 326 g/mol. The summed E-state index contributed by atoms with van der Waals surface area (Å²) in [6, 6.07) is 7.59. The third-order valence-electron chi connectivity index (χ3n) is 4.02. The molecule has 1 aliphatic rings. The van der Waals surface area contributed by atoms with Gasteiger partial charge in [-0.15, -0.1) is 0 Å². The maximum atomic E-state index is 12.3. The van der Waals surface area contributed by atoms with Crippen molar-refractivity contribution in [2.45, 2.75) is 25.8 Å². The molecule has 0 aromatic carbocycles. The number of hydrogen-bond donors (Lipinski definition) is 2. The predicted octanol–water partition coefficient (Wildman–Crippen LogP) is 1.81. The second-order valence-corrected chi connectivity index (χ2v) is 5.84. The minimum Gasteiger partial charge on any atom is -0.333 e. The average Bonchev–Trinajstić information content (AvgIpc) is 3.05. The lowest BCUT2D eigenvalue weighted by Crippen LogP contribution is -2.37. The summed E-state index contributed by atoms with van der Waals surface area (Å²) in [6.07, 6.45) is 3.65. The molecule has 24 heavy (non-hydrogen) atoms. The maximum Gasteiger partial charge on any atom is 0.237 e. The predicted molar refractivity (Wildman–Crippen MR) is 91.9 cm³/mol. The van der Waals surface area contributed by atoms with Gasteiger partial charge in [-0.1, -0.05) is 6.07 Å². The van der Waals surface area contributed by atoms with Crippen molar-refractivity contribution in [3.05, 3.63) is 42.0 Å². The molecular formula is C17H22N6O. The van der Waals surface area contributed by atoms with Crippen molar-refractivity contribution >= 4 is 17.5 Å². The van der Waals surface area contributed by atoms with E-state index in [0.29, 0.717) is 18.2 Å². The molecule has 126 valence electrons. The number of nitrogens with one attached hydrogen (secondary N) is 2. The van der Waals surface area contributed by atoms with E-state index in [-0.39, 0.29) is 11.9 Å². The second-order valence-electron chi connectivity index (χ2n) is 5.84. The molecule has 7 nitrogen and oxygen atoms in total. The fraction of sp³-hybridized carbons (Fsp3) is 0.412. The first-order valence-corrected chi connectivity index (χ1v) is 8.15. The van der Waals surface area contributed by atoms with Gasteiger partial charge < -0.3 is 15.5 Å². The third kappa shape index (κ3) is 3.68. The van der Waals surface area contributed by atoms with Gasteiger partial charge in [0.1, 0.15) is 17.5 Å². The minimum atomic E-state index is 0.0110. The first-order chi connectivity index (χ1) is 11.7. The Morgan fingerprint density at radius 1 is 1.33 bits per heavy atom. The summed E-state index contributed by atoms with van der Waals surface area (Å²) < 4.78 is 0. The van der Waals surface area contributed by atoms with Crippen molar-refractivity contribution in [2.24, 2.45) is 0 Å². The molecule has 0 unspecified atom stereocenters. The van der Waals surface area contributed by atoms with Crippen LogP contribution in [0.5, 0.6) is 0 Å². The Morgan fingerprint density at radius 3 is 2.96 bits per heavy atom. The number of likely N-dealkylation sites (N-methyl/N-ethyl adjacent to an activating group) is 1. The number of aromatic nitrogens is 3. The summed E-state index contributed by atoms with van der Waals surface area (Å²) in [5.74, 6) is 2.22. The molecule has 3 heterocycles. The number of pyridine rings is 1. The number of carbonyl (C=O) groups is 1. The van der Waals surface area contributed by atoms with Gasteiger partial charge in [0.15, 0.2) is 0 Å². The molecule has 0 saturated carbocycles. The van der Waals surface area contributed by atoms with Gasteiger partial charge in [-0.05, 0) is 38.9 Å². The molecule has 2 aromatic heterocycles. The largest absolute Gasteiger partial charge is 0.333 e. The van der Waals surface area contributed by atoms with Crippen molar-refractivity contribution < 1.29 is 4.79 Å². The summed E-state index contributed by atoms with van der Waals surface area (Å²) in [4.78, 5) is 27.4. The highest BCUT2D eigenvalue weighted by Crippen LogP contribution is 2.32. The van der Waals surface area contributed by atoms with Crippen LogP contribution in [-0.4, -0.2) is 45.9 Å². The zero-order valence-electron chi connectivity index (χ0n) is 14.0. The van der Waals surface area contributed by atoms with Gasteiger partial charge in [0.05, 0.1) is 18.3 Å². The zero-order chi connectivity index (χ0) is 16.9. The smallest absolute Gasteiger partial charge is 0.237 e. The first kappa shape index (κ1) is 16.3. The molecule has 0 radical (unpaired) electrons. The minimum absolute atomic E-state index is 0.0110.